The van der Waals surface area contributed by atoms with Gasteiger partial charge in [-0.3, -0.25) is 4.68 Å². The van der Waals surface area contributed by atoms with Crippen molar-refractivity contribution in [1.29, 1.82) is 0 Å². The second-order valence-electron chi connectivity index (χ2n) is 4.85. The molecule has 0 aliphatic heterocycles. The summed E-state index contributed by atoms with van der Waals surface area (Å²) >= 11 is 0. The summed E-state index contributed by atoms with van der Waals surface area (Å²) in [6.45, 7) is 13.9. The maximum atomic E-state index is 4.41. The van der Waals surface area contributed by atoms with Gasteiger partial charge in [0.1, 0.15) is 0 Å². The van der Waals surface area contributed by atoms with Gasteiger partial charge >= 0.3 is 0 Å². The number of aryl methyl sites for hydroxylation is 1. The Bertz CT molecular complexity index is 331. The van der Waals surface area contributed by atoms with Crippen molar-refractivity contribution in [2.45, 2.75) is 46.3 Å². The SMILES string of the molecule is C=CCn1cc(CNC(C)(C)C)c(C)n1. The van der Waals surface area contributed by atoms with E-state index >= 15 is 0 Å². The van der Waals surface area contributed by atoms with Crippen LogP contribution in [0.4, 0.5) is 0 Å². The zero-order valence-electron chi connectivity index (χ0n) is 10.2. The van der Waals surface area contributed by atoms with Crippen LogP contribution < -0.4 is 5.32 Å². The number of rotatable bonds is 4. The van der Waals surface area contributed by atoms with Gasteiger partial charge in [-0.1, -0.05) is 6.08 Å². The fourth-order valence-corrected chi connectivity index (χ4v) is 1.32. The van der Waals surface area contributed by atoms with Gasteiger partial charge < -0.3 is 5.32 Å². The molecule has 3 heteroatoms. The van der Waals surface area contributed by atoms with E-state index in [1.54, 1.807) is 0 Å². The van der Waals surface area contributed by atoms with Crippen molar-refractivity contribution < 1.29 is 0 Å². The third-order valence-corrected chi connectivity index (χ3v) is 2.17. The summed E-state index contributed by atoms with van der Waals surface area (Å²) in [5.74, 6) is 0. The molecule has 0 atom stereocenters. The minimum Gasteiger partial charge on any atom is -0.308 e. The highest BCUT2D eigenvalue weighted by Gasteiger charge is 2.10. The lowest BCUT2D eigenvalue weighted by atomic mass is 10.1. The number of hydrogen-bond acceptors (Lipinski definition) is 2. The third-order valence-electron chi connectivity index (χ3n) is 2.17. The minimum absolute atomic E-state index is 0.146. The molecule has 0 saturated carbocycles. The summed E-state index contributed by atoms with van der Waals surface area (Å²) in [6, 6.07) is 0. The fourth-order valence-electron chi connectivity index (χ4n) is 1.32. The summed E-state index contributed by atoms with van der Waals surface area (Å²) < 4.78 is 1.92. The Morgan fingerprint density at radius 3 is 2.73 bits per heavy atom. The summed E-state index contributed by atoms with van der Waals surface area (Å²) in [4.78, 5) is 0. The highest BCUT2D eigenvalue weighted by atomic mass is 15.3. The van der Waals surface area contributed by atoms with E-state index in [-0.39, 0.29) is 5.54 Å². The molecule has 0 fully saturated rings. The lowest BCUT2D eigenvalue weighted by molar-refractivity contribution is 0.424. The van der Waals surface area contributed by atoms with Crippen LogP contribution in [0.5, 0.6) is 0 Å². The lowest BCUT2D eigenvalue weighted by Crippen LogP contribution is -2.35. The first-order valence-electron chi connectivity index (χ1n) is 5.31. The first-order valence-corrected chi connectivity index (χ1v) is 5.31. The average Bonchev–Trinajstić information content (AvgIpc) is 2.42. The molecule has 0 amide bonds. The predicted molar refractivity (Wildman–Crippen MR) is 63.8 cm³/mol. The largest absolute Gasteiger partial charge is 0.308 e. The van der Waals surface area contributed by atoms with Gasteiger partial charge in [-0.25, -0.2) is 0 Å². The average molecular weight is 207 g/mol. The highest BCUT2D eigenvalue weighted by Crippen LogP contribution is 2.08. The Balaban J connectivity index is 2.65. The minimum atomic E-state index is 0.146. The summed E-state index contributed by atoms with van der Waals surface area (Å²) in [7, 11) is 0. The molecule has 0 radical (unpaired) electrons. The molecule has 0 aromatic carbocycles. The molecule has 1 aromatic rings. The molecule has 0 aliphatic rings. The van der Waals surface area contributed by atoms with Crippen molar-refractivity contribution in [3.8, 4) is 0 Å². The van der Waals surface area contributed by atoms with Crippen LogP contribution in [0.25, 0.3) is 0 Å². The molecule has 0 aliphatic carbocycles. The lowest BCUT2D eigenvalue weighted by Gasteiger charge is -2.20. The number of allylic oxidation sites excluding steroid dienone is 1. The summed E-state index contributed by atoms with van der Waals surface area (Å²) in [6.07, 6.45) is 3.93. The van der Waals surface area contributed by atoms with Gasteiger partial charge in [-0.05, 0) is 27.7 Å². The van der Waals surface area contributed by atoms with Gasteiger partial charge in [0.2, 0.25) is 0 Å². The fraction of sp³-hybridized carbons (Fsp3) is 0.583. The van der Waals surface area contributed by atoms with Crippen molar-refractivity contribution in [1.82, 2.24) is 15.1 Å². The van der Waals surface area contributed by atoms with Gasteiger partial charge in [-0.15, -0.1) is 6.58 Å². The van der Waals surface area contributed by atoms with Gasteiger partial charge in [-0.2, -0.15) is 5.10 Å². The van der Waals surface area contributed by atoms with Crippen LogP contribution in [0.1, 0.15) is 32.0 Å². The van der Waals surface area contributed by atoms with Gasteiger partial charge in [0, 0.05) is 23.8 Å². The summed E-state index contributed by atoms with van der Waals surface area (Å²) in [5.41, 5.74) is 2.49. The van der Waals surface area contributed by atoms with Gasteiger partial charge in [0.25, 0.3) is 0 Å². The third kappa shape index (κ3) is 3.88. The first kappa shape index (κ1) is 12.0. The molecule has 0 spiro atoms. The van der Waals surface area contributed by atoms with Gasteiger partial charge in [0.15, 0.2) is 0 Å². The van der Waals surface area contributed by atoms with E-state index in [1.165, 1.54) is 5.56 Å². The van der Waals surface area contributed by atoms with Crippen LogP contribution in [-0.4, -0.2) is 15.3 Å². The number of nitrogens with zero attached hydrogens (tertiary/aromatic N) is 2. The molecule has 1 N–H and O–H groups in total. The molecule has 3 nitrogen and oxygen atoms in total. The van der Waals surface area contributed by atoms with Crippen molar-refractivity contribution >= 4 is 0 Å². The Morgan fingerprint density at radius 2 is 2.20 bits per heavy atom. The van der Waals surface area contributed by atoms with Crippen molar-refractivity contribution in [3.05, 3.63) is 30.1 Å². The highest BCUT2D eigenvalue weighted by molar-refractivity contribution is 5.15. The summed E-state index contributed by atoms with van der Waals surface area (Å²) in [5, 5.41) is 7.86. The number of hydrogen-bond donors (Lipinski definition) is 1. The van der Waals surface area contributed by atoms with Gasteiger partial charge in [0.05, 0.1) is 12.2 Å². The van der Waals surface area contributed by atoms with E-state index in [9.17, 15) is 0 Å². The standard InChI is InChI=1S/C12H21N3/c1-6-7-15-9-11(10(2)14-15)8-13-12(3,4)5/h6,9,13H,1,7-8H2,2-5H3. The maximum absolute atomic E-state index is 4.41. The topological polar surface area (TPSA) is 29.9 Å². The molecular weight excluding hydrogens is 186 g/mol. The quantitative estimate of drug-likeness (QED) is 0.768. The number of nitrogens with one attached hydrogen (secondary N) is 1. The molecule has 15 heavy (non-hydrogen) atoms. The molecule has 84 valence electrons. The maximum Gasteiger partial charge on any atom is 0.0638 e. The molecule has 0 bridgehead atoms. The normalized spacial score (nSPS) is 11.7. The second kappa shape index (κ2) is 4.62. The zero-order chi connectivity index (χ0) is 11.5. The monoisotopic (exact) mass is 207 g/mol. The second-order valence-corrected chi connectivity index (χ2v) is 4.85. The number of aromatic nitrogens is 2. The van der Waals surface area contributed by atoms with Crippen molar-refractivity contribution in [3.63, 3.8) is 0 Å². The van der Waals surface area contributed by atoms with Crippen LogP contribution in [0, 0.1) is 6.92 Å². The van der Waals surface area contributed by atoms with E-state index in [2.05, 4.69) is 44.0 Å². The molecular formula is C12H21N3. The molecule has 0 unspecified atom stereocenters. The first-order chi connectivity index (χ1) is 6.92. The Labute approximate surface area is 92.2 Å². The molecule has 0 saturated heterocycles. The molecule has 1 heterocycles. The van der Waals surface area contributed by atoms with Crippen LogP contribution in [-0.2, 0) is 13.1 Å². The van der Waals surface area contributed by atoms with Crippen molar-refractivity contribution in [2.75, 3.05) is 0 Å². The Kier molecular flexibility index (Phi) is 3.69. The van der Waals surface area contributed by atoms with Crippen LogP contribution >= 0.6 is 0 Å². The van der Waals surface area contributed by atoms with Crippen molar-refractivity contribution in [2.24, 2.45) is 0 Å². The Hall–Kier alpha value is -1.09. The van der Waals surface area contributed by atoms with E-state index in [4.69, 9.17) is 0 Å². The van der Waals surface area contributed by atoms with Crippen LogP contribution in [0.2, 0.25) is 0 Å². The zero-order valence-corrected chi connectivity index (χ0v) is 10.2. The van der Waals surface area contributed by atoms with Crippen LogP contribution in [0.3, 0.4) is 0 Å². The smallest absolute Gasteiger partial charge is 0.0638 e. The van der Waals surface area contributed by atoms with Crippen LogP contribution in [0.15, 0.2) is 18.9 Å². The molecule has 1 rings (SSSR count). The Morgan fingerprint density at radius 1 is 1.53 bits per heavy atom. The van der Waals surface area contributed by atoms with E-state index in [0.29, 0.717) is 0 Å². The van der Waals surface area contributed by atoms with E-state index in [0.717, 1.165) is 18.8 Å². The van der Waals surface area contributed by atoms with E-state index in [1.807, 2.05) is 17.7 Å². The van der Waals surface area contributed by atoms with E-state index < -0.39 is 0 Å². The molecule has 1 aromatic heterocycles. The predicted octanol–water partition coefficient (Wildman–Crippen LogP) is 2.27.